The molecular formula is C17H21N3O3. The summed E-state index contributed by atoms with van der Waals surface area (Å²) in [6.45, 7) is 4.29. The second-order valence-corrected chi connectivity index (χ2v) is 5.59. The topological polar surface area (TPSA) is 75.6 Å². The van der Waals surface area contributed by atoms with Gasteiger partial charge in [0, 0.05) is 25.1 Å². The summed E-state index contributed by atoms with van der Waals surface area (Å²) in [6, 6.07) is 6.39. The van der Waals surface area contributed by atoms with Gasteiger partial charge in [-0.3, -0.25) is 19.7 Å². The molecule has 0 saturated carbocycles. The number of benzene rings is 1. The molecule has 0 aliphatic carbocycles. The van der Waals surface area contributed by atoms with Crippen LogP contribution in [0.15, 0.2) is 42.9 Å². The first kappa shape index (κ1) is 16.9. The maximum atomic E-state index is 11.7. The van der Waals surface area contributed by atoms with E-state index in [1.165, 1.54) is 0 Å². The number of aromatic nitrogens is 2. The predicted molar refractivity (Wildman–Crippen MR) is 86.1 cm³/mol. The fourth-order valence-corrected chi connectivity index (χ4v) is 2.34. The molecular weight excluding hydrogens is 294 g/mol. The number of ether oxygens (including phenoxy) is 1. The SMILES string of the molecule is CC(C)Oc1ccc([C@@H](C(=O)O)N(C)Cc2cnccn2)cc1. The lowest BCUT2D eigenvalue weighted by atomic mass is 10.1. The molecule has 122 valence electrons. The Morgan fingerprint density at radius 1 is 1.26 bits per heavy atom. The monoisotopic (exact) mass is 315 g/mol. The highest BCUT2D eigenvalue weighted by Crippen LogP contribution is 2.24. The predicted octanol–water partition coefficient (Wildman–Crippen LogP) is 2.52. The van der Waals surface area contributed by atoms with Gasteiger partial charge in [-0.15, -0.1) is 0 Å². The number of hydrogen-bond donors (Lipinski definition) is 1. The van der Waals surface area contributed by atoms with Crippen molar-refractivity contribution in [3.8, 4) is 5.75 Å². The van der Waals surface area contributed by atoms with Crippen LogP contribution >= 0.6 is 0 Å². The molecule has 0 aliphatic heterocycles. The molecule has 23 heavy (non-hydrogen) atoms. The lowest BCUT2D eigenvalue weighted by Gasteiger charge is -2.24. The number of rotatable bonds is 7. The fourth-order valence-electron chi connectivity index (χ4n) is 2.34. The first-order chi connectivity index (χ1) is 11.0. The number of hydrogen-bond acceptors (Lipinski definition) is 5. The van der Waals surface area contributed by atoms with Crippen LogP contribution in [0.5, 0.6) is 5.75 Å². The second-order valence-electron chi connectivity index (χ2n) is 5.59. The maximum absolute atomic E-state index is 11.7. The van der Waals surface area contributed by atoms with E-state index in [-0.39, 0.29) is 6.10 Å². The number of carboxylic acids is 1. The summed E-state index contributed by atoms with van der Waals surface area (Å²) in [5, 5.41) is 9.58. The van der Waals surface area contributed by atoms with E-state index >= 15 is 0 Å². The van der Waals surface area contributed by atoms with Crippen molar-refractivity contribution in [2.45, 2.75) is 32.5 Å². The lowest BCUT2D eigenvalue weighted by Crippen LogP contribution is -2.30. The number of carbonyl (C=O) groups is 1. The zero-order valence-corrected chi connectivity index (χ0v) is 13.5. The highest BCUT2D eigenvalue weighted by molar-refractivity contribution is 5.75. The Hall–Kier alpha value is -2.47. The van der Waals surface area contributed by atoms with Gasteiger partial charge in [0.25, 0.3) is 0 Å². The molecule has 6 heteroatoms. The fraction of sp³-hybridized carbons (Fsp3) is 0.353. The Morgan fingerprint density at radius 3 is 2.48 bits per heavy atom. The number of nitrogens with zero attached hydrogens (tertiary/aromatic N) is 3. The van der Waals surface area contributed by atoms with Crippen molar-refractivity contribution in [1.82, 2.24) is 14.9 Å². The van der Waals surface area contributed by atoms with Gasteiger partial charge in [0.05, 0.1) is 11.8 Å². The van der Waals surface area contributed by atoms with Crippen molar-refractivity contribution in [3.63, 3.8) is 0 Å². The van der Waals surface area contributed by atoms with Crippen LogP contribution in [0, 0.1) is 0 Å². The zero-order chi connectivity index (χ0) is 16.8. The van der Waals surface area contributed by atoms with E-state index in [4.69, 9.17) is 4.74 Å². The largest absolute Gasteiger partial charge is 0.491 e. The van der Waals surface area contributed by atoms with Crippen molar-refractivity contribution < 1.29 is 14.6 Å². The maximum Gasteiger partial charge on any atom is 0.325 e. The lowest BCUT2D eigenvalue weighted by molar-refractivity contribution is -0.143. The molecule has 6 nitrogen and oxygen atoms in total. The van der Waals surface area contributed by atoms with E-state index in [9.17, 15) is 9.90 Å². The number of aliphatic carboxylic acids is 1. The average molecular weight is 315 g/mol. The van der Waals surface area contributed by atoms with Crippen molar-refractivity contribution >= 4 is 5.97 Å². The van der Waals surface area contributed by atoms with E-state index in [1.54, 1.807) is 54.8 Å². The molecule has 1 atom stereocenters. The van der Waals surface area contributed by atoms with Crippen LogP contribution in [-0.4, -0.2) is 39.1 Å². The molecule has 0 saturated heterocycles. The minimum atomic E-state index is -0.908. The summed E-state index contributed by atoms with van der Waals surface area (Å²) < 4.78 is 5.59. The molecule has 0 amide bonds. The van der Waals surface area contributed by atoms with Gasteiger partial charge >= 0.3 is 5.97 Å². The van der Waals surface area contributed by atoms with Gasteiger partial charge in [0.1, 0.15) is 11.8 Å². The van der Waals surface area contributed by atoms with Gasteiger partial charge < -0.3 is 9.84 Å². The third-order valence-corrected chi connectivity index (χ3v) is 3.27. The molecule has 1 aromatic carbocycles. The van der Waals surface area contributed by atoms with E-state index in [2.05, 4.69) is 9.97 Å². The summed E-state index contributed by atoms with van der Waals surface area (Å²) in [5.74, 6) is -0.182. The van der Waals surface area contributed by atoms with E-state index in [1.807, 2.05) is 13.8 Å². The minimum Gasteiger partial charge on any atom is -0.491 e. The van der Waals surface area contributed by atoms with Gasteiger partial charge in [-0.25, -0.2) is 0 Å². The standard InChI is InChI=1S/C17H21N3O3/c1-12(2)23-15-6-4-13(5-7-15)16(17(21)22)20(3)11-14-10-18-8-9-19-14/h4-10,12,16H,11H2,1-3H3,(H,21,22)/t16-/m0/s1. The quantitative estimate of drug-likeness (QED) is 0.846. The molecule has 2 aromatic rings. The second kappa shape index (κ2) is 7.69. The van der Waals surface area contributed by atoms with E-state index in [0.29, 0.717) is 12.1 Å². The molecule has 0 aliphatic rings. The first-order valence-electron chi connectivity index (χ1n) is 7.42. The molecule has 2 rings (SSSR count). The third-order valence-electron chi connectivity index (χ3n) is 3.27. The summed E-state index contributed by atoms with van der Waals surface area (Å²) in [4.78, 5) is 21.6. The van der Waals surface area contributed by atoms with Crippen molar-refractivity contribution in [1.29, 1.82) is 0 Å². The summed E-state index contributed by atoms with van der Waals surface area (Å²) in [5.41, 5.74) is 1.42. The Bertz CT molecular complexity index is 629. The Morgan fingerprint density at radius 2 is 1.96 bits per heavy atom. The number of carboxylic acid groups (broad SMARTS) is 1. The van der Waals surface area contributed by atoms with Crippen molar-refractivity contribution in [2.75, 3.05) is 7.05 Å². The molecule has 0 radical (unpaired) electrons. The number of likely N-dealkylation sites (N-methyl/N-ethyl adjacent to an activating group) is 1. The molecule has 0 spiro atoms. The van der Waals surface area contributed by atoms with Crippen LogP contribution in [0.3, 0.4) is 0 Å². The normalized spacial score (nSPS) is 12.4. The van der Waals surface area contributed by atoms with Crippen LogP contribution < -0.4 is 4.74 Å². The Balaban J connectivity index is 2.15. The van der Waals surface area contributed by atoms with Gasteiger partial charge in [-0.05, 0) is 38.6 Å². The van der Waals surface area contributed by atoms with E-state index in [0.717, 1.165) is 11.4 Å². The first-order valence-corrected chi connectivity index (χ1v) is 7.42. The van der Waals surface area contributed by atoms with Crippen LogP contribution in [0.25, 0.3) is 0 Å². The van der Waals surface area contributed by atoms with Crippen molar-refractivity contribution in [2.24, 2.45) is 0 Å². The molecule has 0 bridgehead atoms. The van der Waals surface area contributed by atoms with E-state index < -0.39 is 12.0 Å². The van der Waals surface area contributed by atoms with Gasteiger partial charge in [0.15, 0.2) is 0 Å². The average Bonchev–Trinajstić information content (AvgIpc) is 2.49. The molecule has 0 unspecified atom stereocenters. The summed E-state index contributed by atoms with van der Waals surface area (Å²) in [7, 11) is 1.76. The van der Waals surface area contributed by atoms with Crippen LogP contribution in [0.1, 0.15) is 31.1 Å². The summed E-state index contributed by atoms with van der Waals surface area (Å²) >= 11 is 0. The van der Waals surface area contributed by atoms with Crippen LogP contribution in [0.2, 0.25) is 0 Å². The highest BCUT2D eigenvalue weighted by Gasteiger charge is 2.25. The zero-order valence-electron chi connectivity index (χ0n) is 13.5. The molecule has 1 heterocycles. The minimum absolute atomic E-state index is 0.0791. The summed E-state index contributed by atoms with van der Waals surface area (Å²) in [6.07, 6.45) is 4.90. The molecule has 0 fully saturated rings. The van der Waals surface area contributed by atoms with Crippen LogP contribution in [0.4, 0.5) is 0 Å². The van der Waals surface area contributed by atoms with Crippen molar-refractivity contribution in [3.05, 3.63) is 54.1 Å². The highest BCUT2D eigenvalue weighted by atomic mass is 16.5. The van der Waals surface area contributed by atoms with Gasteiger partial charge in [-0.2, -0.15) is 0 Å². The van der Waals surface area contributed by atoms with Gasteiger partial charge in [0.2, 0.25) is 0 Å². The molecule has 1 aromatic heterocycles. The van der Waals surface area contributed by atoms with Crippen LogP contribution in [-0.2, 0) is 11.3 Å². The van der Waals surface area contributed by atoms with Gasteiger partial charge in [-0.1, -0.05) is 12.1 Å². The smallest absolute Gasteiger partial charge is 0.325 e. The molecule has 1 N–H and O–H groups in total. The Labute approximate surface area is 135 Å². The third kappa shape index (κ3) is 4.75. The Kier molecular flexibility index (Phi) is 5.65.